The lowest BCUT2D eigenvalue weighted by atomic mass is 10.1. The van der Waals surface area contributed by atoms with Gasteiger partial charge in [-0.05, 0) is 18.7 Å². The fourth-order valence-corrected chi connectivity index (χ4v) is 2.00. The maximum atomic E-state index is 9.28. The molecule has 3 heteroatoms. The molecule has 0 spiro atoms. The highest BCUT2D eigenvalue weighted by molar-refractivity contribution is 5.84. The van der Waals surface area contributed by atoms with Gasteiger partial charge in [0.15, 0.2) is 0 Å². The zero-order valence-corrected chi connectivity index (χ0v) is 9.07. The number of hydrogen-bond donors (Lipinski definition) is 2. The summed E-state index contributed by atoms with van der Waals surface area (Å²) in [5.74, 6) is 0. The van der Waals surface area contributed by atoms with Crippen LogP contribution in [0.1, 0.15) is 11.6 Å². The van der Waals surface area contributed by atoms with Gasteiger partial charge in [-0.3, -0.25) is 0 Å². The van der Waals surface area contributed by atoms with Crippen LogP contribution < -0.4 is 5.32 Å². The lowest BCUT2D eigenvalue weighted by Crippen LogP contribution is -2.19. The van der Waals surface area contributed by atoms with Crippen molar-refractivity contribution in [2.45, 2.75) is 6.04 Å². The highest BCUT2D eigenvalue weighted by Gasteiger charge is 2.13. The Morgan fingerprint density at radius 2 is 2.13 bits per heavy atom. The van der Waals surface area contributed by atoms with Crippen LogP contribution in [-0.4, -0.2) is 23.3 Å². The van der Waals surface area contributed by atoms with E-state index < -0.39 is 0 Å². The highest BCUT2D eigenvalue weighted by Crippen LogP contribution is 2.25. The third-order valence-electron chi connectivity index (χ3n) is 2.83. The van der Waals surface area contributed by atoms with Gasteiger partial charge >= 0.3 is 0 Å². The van der Waals surface area contributed by atoms with Gasteiger partial charge in [-0.25, -0.2) is 0 Å². The van der Waals surface area contributed by atoms with Crippen molar-refractivity contribution in [3.05, 3.63) is 36.0 Å². The van der Waals surface area contributed by atoms with E-state index in [1.807, 2.05) is 26.2 Å². The molecule has 0 aliphatic carbocycles. The SMILES string of the molecule is CNC(CO)c1cn(C)c2ccccc12. The number of aliphatic hydroxyl groups is 1. The molecule has 0 radical (unpaired) electrons. The minimum absolute atomic E-state index is 0.0103. The summed E-state index contributed by atoms with van der Waals surface area (Å²) in [6.45, 7) is 0.116. The number of rotatable bonds is 3. The predicted molar refractivity (Wildman–Crippen MR) is 61.8 cm³/mol. The molecule has 2 rings (SSSR count). The quantitative estimate of drug-likeness (QED) is 0.793. The summed E-state index contributed by atoms with van der Waals surface area (Å²) in [4.78, 5) is 0. The summed E-state index contributed by atoms with van der Waals surface area (Å²) >= 11 is 0. The summed E-state index contributed by atoms with van der Waals surface area (Å²) in [5.41, 5.74) is 2.35. The third kappa shape index (κ3) is 1.64. The number of nitrogens with one attached hydrogen (secondary N) is 1. The monoisotopic (exact) mass is 204 g/mol. The number of aryl methyl sites for hydroxylation is 1. The van der Waals surface area contributed by atoms with E-state index in [1.165, 1.54) is 10.9 Å². The Morgan fingerprint density at radius 3 is 2.80 bits per heavy atom. The summed E-state index contributed by atoms with van der Waals surface area (Å²) in [6.07, 6.45) is 2.07. The lowest BCUT2D eigenvalue weighted by Gasteiger charge is -2.11. The van der Waals surface area contributed by atoms with Crippen molar-refractivity contribution in [1.29, 1.82) is 0 Å². The highest BCUT2D eigenvalue weighted by atomic mass is 16.3. The number of likely N-dealkylation sites (N-methyl/N-ethyl adjacent to an activating group) is 1. The van der Waals surface area contributed by atoms with Crippen molar-refractivity contribution in [2.75, 3.05) is 13.7 Å². The second kappa shape index (κ2) is 4.04. The number of benzene rings is 1. The van der Waals surface area contributed by atoms with Gasteiger partial charge in [0.1, 0.15) is 0 Å². The maximum Gasteiger partial charge on any atom is 0.0627 e. The van der Waals surface area contributed by atoms with Crippen LogP contribution in [0, 0.1) is 0 Å². The van der Waals surface area contributed by atoms with Crippen LogP contribution in [-0.2, 0) is 7.05 Å². The van der Waals surface area contributed by atoms with E-state index in [2.05, 4.69) is 28.2 Å². The Balaban J connectivity index is 2.61. The molecule has 2 aromatic rings. The minimum Gasteiger partial charge on any atom is -0.394 e. The first-order valence-corrected chi connectivity index (χ1v) is 5.10. The van der Waals surface area contributed by atoms with Gasteiger partial charge < -0.3 is 15.0 Å². The Bertz CT molecular complexity index is 458. The molecule has 1 atom stereocenters. The topological polar surface area (TPSA) is 37.2 Å². The van der Waals surface area contributed by atoms with E-state index in [0.29, 0.717) is 0 Å². The minimum atomic E-state index is 0.0103. The number of hydrogen-bond acceptors (Lipinski definition) is 2. The first-order valence-electron chi connectivity index (χ1n) is 5.10. The van der Waals surface area contributed by atoms with E-state index in [-0.39, 0.29) is 12.6 Å². The molecule has 1 aromatic carbocycles. The molecule has 2 N–H and O–H groups in total. The number of nitrogens with zero attached hydrogens (tertiary/aromatic N) is 1. The number of aliphatic hydroxyl groups excluding tert-OH is 1. The van der Waals surface area contributed by atoms with Gasteiger partial charge in [-0.1, -0.05) is 18.2 Å². The Labute approximate surface area is 89.3 Å². The summed E-state index contributed by atoms with van der Waals surface area (Å²) in [7, 11) is 3.89. The van der Waals surface area contributed by atoms with Gasteiger partial charge in [0, 0.05) is 24.1 Å². The van der Waals surface area contributed by atoms with E-state index in [1.54, 1.807) is 0 Å². The molecule has 0 bridgehead atoms. The summed E-state index contributed by atoms with van der Waals surface area (Å²) in [5, 5.41) is 13.6. The molecule has 0 aliphatic rings. The summed E-state index contributed by atoms with van der Waals surface area (Å²) in [6, 6.07) is 8.24. The maximum absolute atomic E-state index is 9.28. The first-order chi connectivity index (χ1) is 7.27. The average molecular weight is 204 g/mol. The average Bonchev–Trinajstić information content (AvgIpc) is 2.60. The second-order valence-electron chi connectivity index (χ2n) is 3.74. The molecule has 0 saturated heterocycles. The van der Waals surface area contributed by atoms with Crippen LogP contribution in [0.5, 0.6) is 0 Å². The van der Waals surface area contributed by atoms with Crippen LogP contribution in [0.3, 0.4) is 0 Å². The Hall–Kier alpha value is -1.32. The van der Waals surface area contributed by atoms with Crippen LogP contribution in [0.4, 0.5) is 0 Å². The molecular formula is C12H16N2O. The molecule has 1 unspecified atom stereocenters. The number of fused-ring (bicyclic) bond motifs is 1. The van der Waals surface area contributed by atoms with Crippen LogP contribution in [0.25, 0.3) is 10.9 Å². The van der Waals surface area contributed by atoms with E-state index >= 15 is 0 Å². The van der Waals surface area contributed by atoms with Crippen molar-refractivity contribution in [2.24, 2.45) is 7.05 Å². The Morgan fingerprint density at radius 1 is 1.40 bits per heavy atom. The summed E-state index contributed by atoms with van der Waals surface area (Å²) < 4.78 is 2.09. The van der Waals surface area contributed by atoms with E-state index in [4.69, 9.17) is 0 Å². The van der Waals surface area contributed by atoms with Gasteiger partial charge in [-0.2, -0.15) is 0 Å². The van der Waals surface area contributed by atoms with Gasteiger partial charge in [0.05, 0.1) is 12.6 Å². The smallest absolute Gasteiger partial charge is 0.0627 e. The molecule has 1 heterocycles. The molecule has 0 fully saturated rings. The molecule has 0 amide bonds. The molecule has 1 aromatic heterocycles. The fraction of sp³-hybridized carbons (Fsp3) is 0.333. The zero-order chi connectivity index (χ0) is 10.8. The fourth-order valence-electron chi connectivity index (χ4n) is 2.00. The second-order valence-corrected chi connectivity index (χ2v) is 3.74. The van der Waals surface area contributed by atoms with E-state index in [9.17, 15) is 5.11 Å². The van der Waals surface area contributed by atoms with E-state index in [0.717, 1.165) is 5.56 Å². The van der Waals surface area contributed by atoms with Crippen molar-refractivity contribution in [1.82, 2.24) is 9.88 Å². The molecule has 3 nitrogen and oxygen atoms in total. The molecule has 80 valence electrons. The van der Waals surface area contributed by atoms with Crippen LogP contribution in [0.2, 0.25) is 0 Å². The third-order valence-corrected chi connectivity index (χ3v) is 2.83. The Kier molecular flexibility index (Phi) is 2.75. The molecule has 0 saturated carbocycles. The van der Waals surface area contributed by atoms with Crippen molar-refractivity contribution in [3.63, 3.8) is 0 Å². The van der Waals surface area contributed by atoms with Gasteiger partial charge in [-0.15, -0.1) is 0 Å². The molecule has 15 heavy (non-hydrogen) atoms. The first kappa shape index (κ1) is 10.2. The van der Waals surface area contributed by atoms with Crippen molar-refractivity contribution < 1.29 is 5.11 Å². The normalized spacial score (nSPS) is 13.3. The van der Waals surface area contributed by atoms with Crippen LogP contribution in [0.15, 0.2) is 30.5 Å². The zero-order valence-electron chi connectivity index (χ0n) is 9.07. The standard InChI is InChI=1S/C12H16N2O/c1-13-11(8-15)10-7-14(2)12-6-4-3-5-9(10)12/h3-7,11,13,15H,8H2,1-2H3. The largest absolute Gasteiger partial charge is 0.394 e. The number of para-hydroxylation sites is 1. The van der Waals surface area contributed by atoms with Gasteiger partial charge in [0.2, 0.25) is 0 Å². The number of aromatic nitrogens is 1. The molecular weight excluding hydrogens is 188 g/mol. The molecule has 0 aliphatic heterocycles. The predicted octanol–water partition coefficient (Wildman–Crippen LogP) is 1.43. The van der Waals surface area contributed by atoms with Crippen molar-refractivity contribution in [3.8, 4) is 0 Å². The van der Waals surface area contributed by atoms with Crippen LogP contribution >= 0.6 is 0 Å². The lowest BCUT2D eigenvalue weighted by molar-refractivity contribution is 0.251. The van der Waals surface area contributed by atoms with Crippen molar-refractivity contribution >= 4 is 10.9 Å². The van der Waals surface area contributed by atoms with Gasteiger partial charge in [0.25, 0.3) is 0 Å².